The topological polar surface area (TPSA) is 20.3 Å². The SMILES string of the molecule is CN1CCC(Sc2ccc(Cl)cc2)C1=O. The Morgan fingerprint density at radius 3 is 2.60 bits per heavy atom. The Hall–Kier alpha value is -0.670. The maximum Gasteiger partial charge on any atom is 0.235 e. The first-order valence-corrected chi connectivity index (χ1v) is 6.10. The number of amides is 1. The van der Waals surface area contributed by atoms with Crippen LogP contribution in [0, 0.1) is 0 Å². The molecular weight excluding hydrogens is 230 g/mol. The quantitative estimate of drug-likeness (QED) is 0.794. The third kappa shape index (κ3) is 2.47. The van der Waals surface area contributed by atoms with Crippen molar-refractivity contribution in [2.75, 3.05) is 13.6 Å². The lowest BCUT2D eigenvalue weighted by molar-refractivity contribution is -0.126. The molecule has 0 radical (unpaired) electrons. The van der Waals surface area contributed by atoms with Gasteiger partial charge in [-0.05, 0) is 30.7 Å². The van der Waals surface area contributed by atoms with Gasteiger partial charge in [0.1, 0.15) is 0 Å². The molecule has 2 nitrogen and oxygen atoms in total. The van der Waals surface area contributed by atoms with Crippen LogP contribution in [0.4, 0.5) is 0 Å². The highest BCUT2D eigenvalue weighted by Gasteiger charge is 2.29. The predicted molar refractivity (Wildman–Crippen MR) is 63.4 cm³/mol. The summed E-state index contributed by atoms with van der Waals surface area (Å²) in [6.07, 6.45) is 0.933. The van der Waals surface area contributed by atoms with Crippen molar-refractivity contribution in [3.05, 3.63) is 29.3 Å². The van der Waals surface area contributed by atoms with E-state index in [9.17, 15) is 4.79 Å². The van der Waals surface area contributed by atoms with Crippen molar-refractivity contribution < 1.29 is 4.79 Å². The predicted octanol–water partition coefficient (Wildman–Crippen LogP) is 2.66. The van der Waals surface area contributed by atoms with Crippen LogP contribution < -0.4 is 0 Å². The fraction of sp³-hybridized carbons (Fsp3) is 0.364. The summed E-state index contributed by atoms with van der Waals surface area (Å²) in [7, 11) is 1.85. The van der Waals surface area contributed by atoms with E-state index >= 15 is 0 Å². The molecule has 1 aliphatic rings. The number of thioether (sulfide) groups is 1. The van der Waals surface area contributed by atoms with Gasteiger partial charge in [-0.15, -0.1) is 11.8 Å². The zero-order valence-electron chi connectivity index (χ0n) is 8.44. The smallest absolute Gasteiger partial charge is 0.235 e. The van der Waals surface area contributed by atoms with Gasteiger partial charge in [0, 0.05) is 23.5 Å². The third-order valence-corrected chi connectivity index (χ3v) is 3.99. The molecule has 0 spiro atoms. The van der Waals surface area contributed by atoms with Crippen molar-refractivity contribution in [2.24, 2.45) is 0 Å². The van der Waals surface area contributed by atoms with Crippen LogP contribution in [0.25, 0.3) is 0 Å². The number of carbonyl (C=O) groups excluding carboxylic acids is 1. The van der Waals surface area contributed by atoms with Gasteiger partial charge < -0.3 is 4.90 Å². The first kappa shape index (κ1) is 10.8. The summed E-state index contributed by atoms with van der Waals surface area (Å²) in [6.45, 7) is 0.865. The molecule has 1 atom stereocenters. The second-order valence-electron chi connectivity index (χ2n) is 3.61. The Morgan fingerprint density at radius 1 is 1.40 bits per heavy atom. The number of likely N-dealkylation sites (tertiary alicyclic amines) is 1. The van der Waals surface area contributed by atoms with Gasteiger partial charge in [-0.2, -0.15) is 0 Å². The minimum absolute atomic E-state index is 0.0798. The largest absolute Gasteiger partial charge is 0.345 e. The van der Waals surface area contributed by atoms with E-state index in [2.05, 4.69) is 0 Å². The molecule has 80 valence electrons. The molecule has 1 saturated heterocycles. The fourth-order valence-electron chi connectivity index (χ4n) is 1.58. The van der Waals surface area contributed by atoms with E-state index < -0.39 is 0 Å². The maximum atomic E-state index is 11.7. The summed E-state index contributed by atoms with van der Waals surface area (Å²) >= 11 is 7.42. The summed E-state index contributed by atoms with van der Waals surface area (Å²) in [5.41, 5.74) is 0. The Balaban J connectivity index is 2.03. The number of benzene rings is 1. The molecular formula is C11H12ClNOS. The van der Waals surface area contributed by atoms with E-state index in [4.69, 9.17) is 11.6 Å². The highest BCUT2D eigenvalue weighted by atomic mass is 35.5. The lowest BCUT2D eigenvalue weighted by Crippen LogP contribution is -2.23. The van der Waals surface area contributed by atoms with Gasteiger partial charge in [0.05, 0.1) is 5.25 Å². The van der Waals surface area contributed by atoms with E-state index in [-0.39, 0.29) is 11.2 Å². The van der Waals surface area contributed by atoms with Gasteiger partial charge in [0.15, 0.2) is 0 Å². The highest BCUT2D eigenvalue weighted by Crippen LogP contribution is 2.30. The number of halogens is 1. The average Bonchev–Trinajstić information content (AvgIpc) is 2.53. The Kier molecular flexibility index (Phi) is 3.22. The molecule has 0 N–H and O–H groups in total. The standard InChI is InChI=1S/C11H12ClNOS/c1-13-7-6-10(11(13)14)15-9-4-2-8(12)3-5-9/h2-5,10H,6-7H2,1H3. The van der Waals surface area contributed by atoms with Crippen LogP contribution >= 0.6 is 23.4 Å². The van der Waals surface area contributed by atoms with Crippen molar-refractivity contribution >= 4 is 29.3 Å². The van der Waals surface area contributed by atoms with Crippen LogP contribution in [0.1, 0.15) is 6.42 Å². The summed E-state index contributed by atoms with van der Waals surface area (Å²) in [6, 6.07) is 7.62. The van der Waals surface area contributed by atoms with Crippen molar-refractivity contribution in [2.45, 2.75) is 16.6 Å². The number of rotatable bonds is 2. The van der Waals surface area contributed by atoms with Crippen molar-refractivity contribution in [1.82, 2.24) is 4.90 Å². The molecule has 1 heterocycles. The molecule has 1 unspecified atom stereocenters. The molecule has 1 aromatic carbocycles. The van der Waals surface area contributed by atoms with E-state index in [1.807, 2.05) is 31.3 Å². The molecule has 1 aromatic rings. The molecule has 0 saturated carbocycles. The van der Waals surface area contributed by atoms with Crippen molar-refractivity contribution in [3.63, 3.8) is 0 Å². The van der Waals surface area contributed by atoms with Gasteiger partial charge in [0.25, 0.3) is 0 Å². The molecule has 1 amide bonds. The lowest BCUT2D eigenvalue weighted by atomic mass is 10.4. The molecule has 0 aromatic heterocycles. The molecule has 15 heavy (non-hydrogen) atoms. The van der Waals surface area contributed by atoms with Gasteiger partial charge >= 0.3 is 0 Å². The summed E-state index contributed by atoms with van der Waals surface area (Å²) < 4.78 is 0. The van der Waals surface area contributed by atoms with Crippen LogP contribution in [-0.2, 0) is 4.79 Å². The Morgan fingerprint density at radius 2 is 2.07 bits per heavy atom. The fourth-order valence-corrected chi connectivity index (χ4v) is 2.83. The van der Waals surface area contributed by atoms with Crippen LogP contribution in [0.3, 0.4) is 0 Å². The third-order valence-electron chi connectivity index (χ3n) is 2.47. The summed E-state index contributed by atoms with van der Waals surface area (Å²) in [4.78, 5) is 14.5. The summed E-state index contributed by atoms with van der Waals surface area (Å²) in [5.74, 6) is 0.231. The number of hydrogen-bond acceptors (Lipinski definition) is 2. The van der Waals surface area contributed by atoms with Gasteiger partial charge in [-0.25, -0.2) is 0 Å². The summed E-state index contributed by atoms with van der Waals surface area (Å²) in [5, 5.41) is 0.811. The van der Waals surface area contributed by atoms with E-state index in [0.717, 1.165) is 22.9 Å². The Labute approximate surface area is 98.6 Å². The molecule has 1 aliphatic heterocycles. The van der Waals surface area contributed by atoms with Crippen LogP contribution in [-0.4, -0.2) is 29.6 Å². The maximum absolute atomic E-state index is 11.7. The van der Waals surface area contributed by atoms with Gasteiger partial charge in [-0.3, -0.25) is 4.79 Å². The molecule has 0 bridgehead atoms. The molecule has 2 rings (SSSR count). The molecule has 4 heteroatoms. The molecule has 0 aliphatic carbocycles. The van der Waals surface area contributed by atoms with E-state index in [1.54, 1.807) is 16.7 Å². The zero-order valence-corrected chi connectivity index (χ0v) is 10.0. The van der Waals surface area contributed by atoms with Gasteiger partial charge in [0.2, 0.25) is 5.91 Å². The first-order valence-electron chi connectivity index (χ1n) is 4.84. The highest BCUT2D eigenvalue weighted by molar-refractivity contribution is 8.00. The molecule has 1 fully saturated rings. The average molecular weight is 242 g/mol. The van der Waals surface area contributed by atoms with E-state index in [1.165, 1.54) is 0 Å². The second kappa shape index (κ2) is 4.45. The monoisotopic (exact) mass is 241 g/mol. The second-order valence-corrected chi connectivity index (χ2v) is 5.32. The van der Waals surface area contributed by atoms with Crippen LogP contribution in [0.5, 0.6) is 0 Å². The van der Waals surface area contributed by atoms with Gasteiger partial charge in [-0.1, -0.05) is 11.6 Å². The Bertz CT molecular complexity index is 365. The van der Waals surface area contributed by atoms with Crippen LogP contribution in [0.15, 0.2) is 29.2 Å². The zero-order chi connectivity index (χ0) is 10.8. The minimum atomic E-state index is 0.0798. The normalized spacial score (nSPS) is 21.1. The van der Waals surface area contributed by atoms with Crippen molar-refractivity contribution in [3.8, 4) is 0 Å². The number of hydrogen-bond donors (Lipinski definition) is 0. The lowest BCUT2D eigenvalue weighted by Gasteiger charge is -2.09. The number of nitrogens with zero attached hydrogens (tertiary/aromatic N) is 1. The van der Waals surface area contributed by atoms with E-state index in [0.29, 0.717) is 0 Å². The van der Waals surface area contributed by atoms with Crippen molar-refractivity contribution in [1.29, 1.82) is 0 Å². The minimum Gasteiger partial charge on any atom is -0.345 e. The first-order chi connectivity index (χ1) is 7.16. The van der Waals surface area contributed by atoms with Crippen LogP contribution in [0.2, 0.25) is 5.02 Å². The number of carbonyl (C=O) groups is 1.